The number of anilines is 1. The zero-order valence-electron chi connectivity index (χ0n) is 15.5. The number of esters is 1. The van der Waals surface area contributed by atoms with Crippen molar-refractivity contribution in [2.45, 2.75) is 13.0 Å². The van der Waals surface area contributed by atoms with Gasteiger partial charge in [-0.15, -0.1) is 0 Å². The second kappa shape index (κ2) is 9.75. The number of nitrogens with one attached hydrogen (secondary N) is 1. The van der Waals surface area contributed by atoms with Crippen LogP contribution in [0.1, 0.15) is 12.5 Å². The van der Waals surface area contributed by atoms with Crippen molar-refractivity contribution in [1.29, 1.82) is 0 Å². The van der Waals surface area contributed by atoms with E-state index in [-0.39, 0.29) is 5.02 Å². The van der Waals surface area contributed by atoms with Crippen molar-refractivity contribution in [2.75, 3.05) is 19.5 Å². The average Bonchev–Trinajstić information content (AvgIpc) is 2.68. The number of amides is 1. The third-order valence-corrected chi connectivity index (χ3v) is 3.96. The van der Waals surface area contributed by atoms with Gasteiger partial charge in [-0.05, 0) is 42.8 Å². The summed E-state index contributed by atoms with van der Waals surface area (Å²) in [4.78, 5) is 24.1. The highest BCUT2D eigenvalue weighted by Crippen LogP contribution is 2.29. The Morgan fingerprint density at radius 1 is 1.11 bits per heavy atom. The fourth-order valence-electron chi connectivity index (χ4n) is 2.21. The molecule has 0 bridgehead atoms. The Hall–Kier alpha value is -3.06. The minimum atomic E-state index is -1.04. The number of hydrogen-bond donors (Lipinski definition) is 1. The molecule has 0 unspecified atom stereocenters. The Morgan fingerprint density at radius 3 is 2.46 bits per heavy atom. The standard InChI is InChI=1S/C20H19ClFNO5/c1-12(20(25)23-14-6-8-17(26-2)18(11-14)27-3)28-19(24)9-5-13-4-7-16(22)15(21)10-13/h4-12H,1-3H3,(H,23,25)/b9-5+/t12-/m1/s1. The third kappa shape index (κ3) is 5.72. The highest BCUT2D eigenvalue weighted by Gasteiger charge is 2.17. The third-order valence-electron chi connectivity index (χ3n) is 3.67. The summed E-state index contributed by atoms with van der Waals surface area (Å²) in [5, 5.41) is 2.57. The minimum absolute atomic E-state index is 0.0572. The van der Waals surface area contributed by atoms with Crippen molar-refractivity contribution >= 4 is 35.2 Å². The van der Waals surface area contributed by atoms with Gasteiger partial charge in [-0.3, -0.25) is 4.79 Å². The Morgan fingerprint density at radius 2 is 1.82 bits per heavy atom. The van der Waals surface area contributed by atoms with Crippen LogP contribution in [0.3, 0.4) is 0 Å². The number of halogens is 2. The van der Waals surface area contributed by atoms with E-state index in [1.807, 2.05) is 0 Å². The molecule has 1 amide bonds. The largest absolute Gasteiger partial charge is 0.493 e. The molecule has 1 atom stereocenters. The van der Waals surface area contributed by atoms with Crippen LogP contribution in [0.4, 0.5) is 10.1 Å². The van der Waals surface area contributed by atoms with Crippen LogP contribution in [0.25, 0.3) is 6.08 Å². The van der Waals surface area contributed by atoms with E-state index in [1.54, 1.807) is 18.2 Å². The lowest BCUT2D eigenvalue weighted by atomic mass is 10.2. The Balaban J connectivity index is 1.95. The molecule has 0 saturated heterocycles. The van der Waals surface area contributed by atoms with E-state index in [0.29, 0.717) is 22.7 Å². The van der Waals surface area contributed by atoms with Crippen molar-refractivity contribution in [1.82, 2.24) is 0 Å². The Labute approximate surface area is 166 Å². The van der Waals surface area contributed by atoms with Gasteiger partial charge in [-0.1, -0.05) is 17.7 Å². The van der Waals surface area contributed by atoms with Gasteiger partial charge in [0.25, 0.3) is 5.91 Å². The molecule has 2 rings (SSSR count). The molecule has 8 heteroatoms. The van der Waals surface area contributed by atoms with Gasteiger partial charge in [0.2, 0.25) is 0 Å². The second-order valence-electron chi connectivity index (χ2n) is 5.65. The Kier molecular flexibility index (Phi) is 7.40. The maximum atomic E-state index is 13.1. The van der Waals surface area contributed by atoms with Crippen LogP contribution in [-0.2, 0) is 14.3 Å². The van der Waals surface area contributed by atoms with Gasteiger partial charge >= 0.3 is 5.97 Å². The number of ether oxygens (including phenoxy) is 3. The average molecular weight is 408 g/mol. The summed E-state index contributed by atoms with van der Waals surface area (Å²) in [5.74, 6) is -0.826. The zero-order valence-corrected chi connectivity index (χ0v) is 16.2. The van der Waals surface area contributed by atoms with Crippen LogP contribution in [0.2, 0.25) is 5.02 Å². The fraction of sp³-hybridized carbons (Fsp3) is 0.200. The van der Waals surface area contributed by atoms with Crippen LogP contribution in [-0.4, -0.2) is 32.2 Å². The van der Waals surface area contributed by atoms with E-state index in [0.717, 1.165) is 6.08 Å². The summed E-state index contributed by atoms with van der Waals surface area (Å²) in [6.45, 7) is 1.44. The predicted octanol–water partition coefficient (Wildman–Crippen LogP) is 4.08. The maximum Gasteiger partial charge on any atom is 0.331 e. The molecule has 0 saturated carbocycles. The van der Waals surface area contributed by atoms with E-state index in [2.05, 4.69) is 5.32 Å². The van der Waals surface area contributed by atoms with Gasteiger partial charge in [0.1, 0.15) is 5.82 Å². The molecular weight excluding hydrogens is 389 g/mol. The topological polar surface area (TPSA) is 73.9 Å². The highest BCUT2D eigenvalue weighted by molar-refractivity contribution is 6.30. The number of rotatable bonds is 7. The van der Waals surface area contributed by atoms with Gasteiger partial charge in [-0.2, -0.15) is 0 Å². The Bertz CT molecular complexity index is 900. The van der Waals surface area contributed by atoms with E-state index >= 15 is 0 Å². The molecule has 0 aromatic heterocycles. The summed E-state index contributed by atoms with van der Waals surface area (Å²) >= 11 is 5.68. The van der Waals surface area contributed by atoms with Gasteiger partial charge in [0, 0.05) is 17.8 Å². The summed E-state index contributed by atoms with van der Waals surface area (Å²) in [6, 6.07) is 8.87. The first-order valence-corrected chi connectivity index (χ1v) is 8.58. The smallest absolute Gasteiger partial charge is 0.331 e. The van der Waals surface area contributed by atoms with Gasteiger partial charge in [-0.25, -0.2) is 9.18 Å². The maximum absolute atomic E-state index is 13.1. The zero-order chi connectivity index (χ0) is 20.7. The van der Waals surface area contributed by atoms with Crippen molar-refractivity contribution in [3.8, 4) is 11.5 Å². The lowest BCUT2D eigenvalue weighted by molar-refractivity contribution is -0.148. The lowest BCUT2D eigenvalue weighted by Crippen LogP contribution is -2.29. The van der Waals surface area contributed by atoms with Crippen molar-refractivity contribution in [3.63, 3.8) is 0 Å². The van der Waals surface area contributed by atoms with Crippen molar-refractivity contribution in [3.05, 3.63) is 58.9 Å². The minimum Gasteiger partial charge on any atom is -0.493 e. The fourth-order valence-corrected chi connectivity index (χ4v) is 2.39. The number of benzene rings is 2. The molecule has 1 N–H and O–H groups in total. The number of carbonyl (C=O) groups excluding carboxylic acids is 2. The molecular formula is C20H19ClFNO5. The first kappa shape index (κ1) is 21.2. The number of carbonyl (C=O) groups is 2. The summed E-state index contributed by atoms with van der Waals surface area (Å²) in [7, 11) is 2.99. The molecule has 0 heterocycles. The van der Waals surface area contributed by atoms with Crippen LogP contribution >= 0.6 is 11.6 Å². The predicted molar refractivity (Wildman–Crippen MR) is 104 cm³/mol. The first-order chi connectivity index (χ1) is 13.3. The molecule has 0 radical (unpaired) electrons. The van der Waals surface area contributed by atoms with Crippen LogP contribution < -0.4 is 14.8 Å². The summed E-state index contributed by atoms with van der Waals surface area (Å²) in [5.41, 5.74) is 0.979. The van der Waals surface area contributed by atoms with Crippen LogP contribution in [0, 0.1) is 5.82 Å². The molecule has 2 aromatic carbocycles. The van der Waals surface area contributed by atoms with E-state index < -0.39 is 23.8 Å². The monoisotopic (exact) mass is 407 g/mol. The molecule has 0 aliphatic rings. The van der Waals surface area contributed by atoms with E-state index in [9.17, 15) is 14.0 Å². The molecule has 0 aliphatic heterocycles. The molecule has 6 nitrogen and oxygen atoms in total. The van der Waals surface area contributed by atoms with Crippen molar-refractivity contribution < 1.29 is 28.2 Å². The normalized spacial score (nSPS) is 11.8. The van der Waals surface area contributed by atoms with Gasteiger partial charge < -0.3 is 19.5 Å². The summed E-state index contributed by atoms with van der Waals surface area (Å²) in [6.07, 6.45) is 1.50. The molecule has 2 aromatic rings. The van der Waals surface area contributed by atoms with Crippen LogP contribution in [0.5, 0.6) is 11.5 Å². The van der Waals surface area contributed by atoms with E-state index in [1.165, 1.54) is 45.4 Å². The van der Waals surface area contributed by atoms with Crippen molar-refractivity contribution in [2.24, 2.45) is 0 Å². The van der Waals surface area contributed by atoms with Crippen LogP contribution in [0.15, 0.2) is 42.5 Å². The quantitative estimate of drug-likeness (QED) is 0.553. The second-order valence-corrected chi connectivity index (χ2v) is 6.05. The molecule has 0 fully saturated rings. The molecule has 0 spiro atoms. The molecule has 28 heavy (non-hydrogen) atoms. The number of hydrogen-bond acceptors (Lipinski definition) is 5. The SMILES string of the molecule is COc1ccc(NC(=O)[C@@H](C)OC(=O)/C=C/c2ccc(F)c(Cl)c2)cc1OC. The summed E-state index contributed by atoms with van der Waals surface area (Å²) < 4.78 is 28.5. The first-order valence-electron chi connectivity index (χ1n) is 8.20. The molecule has 148 valence electrons. The lowest BCUT2D eigenvalue weighted by Gasteiger charge is -2.14. The molecule has 0 aliphatic carbocycles. The highest BCUT2D eigenvalue weighted by atomic mass is 35.5. The van der Waals surface area contributed by atoms with Gasteiger partial charge in [0.15, 0.2) is 17.6 Å². The number of methoxy groups -OCH3 is 2. The van der Waals surface area contributed by atoms with E-state index in [4.69, 9.17) is 25.8 Å². The van der Waals surface area contributed by atoms with Gasteiger partial charge in [0.05, 0.1) is 19.2 Å².